The maximum absolute atomic E-state index is 12.6. The van der Waals surface area contributed by atoms with Gasteiger partial charge < -0.3 is 16.8 Å². The second-order valence-corrected chi connectivity index (χ2v) is 7.05. The highest BCUT2D eigenvalue weighted by atomic mass is 32.2. The minimum absolute atomic E-state index is 0.0113. The number of amides is 3. The van der Waals surface area contributed by atoms with E-state index in [9.17, 15) is 14.4 Å². The van der Waals surface area contributed by atoms with Crippen LogP contribution < -0.4 is 21.5 Å². The third kappa shape index (κ3) is 5.11. The molecule has 0 radical (unpaired) electrons. The molecule has 0 aliphatic rings. The van der Waals surface area contributed by atoms with Crippen LogP contribution >= 0.6 is 11.9 Å². The minimum atomic E-state index is -0.536. The predicted molar refractivity (Wildman–Crippen MR) is 114 cm³/mol. The molecule has 2 aromatic carbocycles. The monoisotopic (exact) mass is 422 g/mol. The van der Waals surface area contributed by atoms with Gasteiger partial charge >= 0.3 is 0 Å². The largest absolute Gasteiger partial charge is 0.382 e. The van der Waals surface area contributed by atoms with Crippen LogP contribution in [0.2, 0.25) is 0 Å². The molecule has 0 fully saturated rings. The van der Waals surface area contributed by atoms with Gasteiger partial charge in [-0.3, -0.25) is 19.1 Å². The summed E-state index contributed by atoms with van der Waals surface area (Å²) in [4.78, 5) is 44.0. The molecule has 0 unspecified atom stereocenters. The lowest BCUT2D eigenvalue weighted by atomic mass is 10.1. The molecule has 0 bridgehead atoms. The van der Waals surface area contributed by atoms with Gasteiger partial charge in [-0.15, -0.1) is 0 Å². The van der Waals surface area contributed by atoms with E-state index in [1.807, 2.05) is 0 Å². The van der Waals surface area contributed by atoms with E-state index < -0.39 is 11.8 Å². The summed E-state index contributed by atoms with van der Waals surface area (Å²) in [5.74, 6) is -1.22. The Bertz CT molecular complexity index is 1100. The highest BCUT2D eigenvalue weighted by Crippen LogP contribution is 2.21. The number of nitrogen functional groups attached to an aromatic ring is 1. The van der Waals surface area contributed by atoms with Crippen molar-refractivity contribution in [1.82, 2.24) is 14.7 Å². The van der Waals surface area contributed by atoms with Gasteiger partial charge in [0.2, 0.25) is 11.8 Å². The molecule has 3 rings (SSSR count). The molecule has 30 heavy (non-hydrogen) atoms. The SMILES string of the molecule is CC(=O)NSc1ccc(NC(=O)c2nc(-c3ccc(C(N)=O)cc3)cnc2N)cc1. The van der Waals surface area contributed by atoms with Crippen molar-refractivity contribution in [3.05, 3.63) is 66.0 Å². The first-order valence-corrected chi connectivity index (χ1v) is 9.52. The molecule has 3 amide bonds. The molecule has 152 valence electrons. The molecule has 9 nitrogen and oxygen atoms in total. The van der Waals surface area contributed by atoms with E-state index in [4.69, 9.17) is 11.5 Å². The molecule has 0 aliphatic carbocycles. The van der Waals surface area contributed by atoms with Crippen molar-refractivity contribution < 1.29 is 14.4 Å². The standard InChI is InChI=1S/C20H18N6O3S/c1-11(27)26-30-15-8-6-14(7-9-15)24-20(29)17-18(21)23-10-16(25-17)12-2-4-13(5-3-12)19(22)28/h2-10H,1H3,(H2,21,23)(H2,22,28)(H,24,29)(H,26,27). The number of rotatable bonds is 6. The normalized spacial score (nSPS) is 10.3. The molecule has 3 aromatic rings. The summed E-state index contributed by atoms with van der Waals surface area (Å²) in [6, 6.07) is 13.3. The lowest BCUT2D eigenvalue weighted by molar-refractivity contribution is -0.117. The fourth-order valence-electron chi connectivity index (χ4n) is 2.44. The van der Waals surface area contributed by atoms with Gasteiger partial charge in [-0.2, -0.15) is 0 Å². The molecule has 10 heteroatoms. The van der Waals surface area contributed by atoms with Gasteiger partial charge in [0.15, 0.2) is 11.5 Å². The van der Waals surface area contributed by atoms with Gasteiger partial charge in [0.25, 0.3) is 5.91 Å². The first-order chi connectivity index (χ1) is 14.3. The molecule has 0 atom stereocenters. The van der Waals surface area contributed by atoms with E-state index in [1.165, 1.54) is 25.1 Å². The van der Waals surface area contributed by atoms with E-state index in [1.54, 1.807) is 48.5 Å². The van der Waals surface area contributed by atoms with Crippen LogP contribution in [0.4, 0.5) is 11.5 Å². The van der Waals surface area contributed by atoms with Crippen LogP contribution in [0.5, 0.6) is 0 Å². The Morgan fingerprint density at radius 2 is 1.67 bits per heavy atom. The van der Waals surface area contributed by atoms with Crippen LogP contribution in [-0.2, 0) is 4.79 Å². The van der Waals surface area contributed by atoms with Gasteiger partial charge in [0.1, 0.15) is 0 Å². The maximum Gasteiger partial charge on any atom is 0.278 e. The van der Waals surface area contributed by atoms with Crippen LogP contribution in [0.15, 0.2) is 59.6 Å². The Morgan fingerprint density at radius 3 is 2.27 bits per heavy atom. The Labute approximate surface area is 176 Å². The van der Waals surface area contributed by atoms with Crippen molar-refractivity contribution >= 4 is 41.2 Å². The number of aromatic nitrogens is 2. The average molecular weight is 422 g/mol. The molecule has 0 saturated heterocycles. The molecular formula is C20H18N6O3S. The van der Waals surface area contributed by atoms with E-state index in [-0.39, 0.29) is 17.4 Å². The van der Waals surface area contributed by atoms with Crippen molar-refractivity contribution in [2.45, 2.75) is 11.8 Å². The Kier molecular flexibility index (Phi) is 6.28. The van der Waals surface area contributed by atoms with E-state index >= 15 is 0 Å². The van der Waals surface area contributed by atoms with Crippen molar-refractivity contribution in [2.75, 3.05) is 11.1 Å². The van der Waals surface area contributed by atoms with Gasteiger partial charge in [-0.05, 0) is 48.3 Å². The highest BCUT2D eigenvalue weighted by Gasteiger charge is 2.15. The zero-order valence-corrected chi connectivity index (χ0v) is 16.7. The number of carbonyl (C=O) groups is 3. The quantitative estimate of drug-likeness (QED) is 0.444. The molecule has 1 heterocycles. The lowest BCUT2D eigenvalue weighted by Crippen LogP contribution is -2.17. The third-order valence-corrected chi connectivity index (χ3v) is 4.80. The number of primary amides is 1. The molecule has 6 N–H and O–H groups in total. The number of hydrogen-bond acceptors (Lipinski definition) is 7. The third-order valence-electron chi connectivity index (χ3n) is 3.91. The summed E-state index contributed by atoms with van der Waals surface area (Å²) >= 11 is 1.17. The van der Waals surface area contributed by atoms with Crippen molar-refractivity contribution in [1.29, 1.82) is 0 Å². The molecular weight excluding hydrogens is 404 g/mol. The summed E-state index contributed by atoms with van der Waals surface area (Å²) in [5, 5.41) is 2.71. The fraction of sp³-hybridized carbons (Fsp3) is 0.0500. The second-order valence-electron chi connectivity index (χ2n) is 6.17. The molecule has 0 saturated carbocycles. The van der Waals surface area contributed by atoms with Gasteiger partial charge in [-0.25, -0.2) is 9.97 Å². The number of nitrogens with one attached hydrogen (secondary N) is 2. The van der Waals surface area contributed by atoms with Gasteiger partial charge in [-0.1, -0.05) is 12.1 Å². The summed E-state index contributed by atoms with van der Waals surface area (Å²) in [5.41, 5.74) is 13.0. The van der Waals surface area contributed by atoms with Gasteiger partial charge in [0.05, 0.1) is 11.9 Å². The maximum atomic E-state index is 12.6. The topological polar surface area (TPSA) is 153 Å². The first kappa shape index (κ1) is 20.8. The number of hydrogen-bond donors (Lipinski definition) is 4. The van der Waals surface area contributed by atoms with E-state index in [0.29, 0.717) is 22.5 Å². The molecule has 0 aliphatic heterocycles. The Hall–Kier alpha value is -3.92. The van der Waals surface area contributed by atoms with Crippen molar-refractivity contribution in [3.63, 3.8) is 0 Å². The number of nitrogens with zero attached hydrogens (tertiary/aromatic N) is 2. The number of nitrogens with two attached hydrogens (primary N) is 2. The fourth-order valence-corrected chi connectivity index (χ4v) is 2.97. The Morgan fingerprint density at radius 1 is 1.00 bits per heavy atom. The van der Waals surface area contributed by atoms with Crippen LogP contribution in [0.25, 0.3) is 11.3 Å². The summed E-state index contributed by atoms with van der Waals surface area (Å²) in [6.45, 7) is 1.42. The number of carbonyl (C=O) groups excluding carboxylic acids is 3. The number of benzene rings is 2. The molecule has 1 aromatic heterocycles. The number of anilines is 2. The summed E-state index contributed by atoms with van der Waals surface area (Å²) in [6.07, 6.45) is 1.44. The molecule has 0 spiro atoms. The Balaban J connectivity index is 1.76. The van der Waals surface area contributed by atoms with Crippen LogP contribution in [-0.4, -0.2) is 27.7 Å². The zero-order chi connectivity index (χ0) is 21.7. The lowest BCUT2D eigenvalue weighted by Gasteiger charge is -2.09. The smallest absolute Gasteiger partial charge is 0.278 e. The van der Waals surface area contributed by atoms with Crippen LogP contribution in [0, 0.1) is 0 Å². The first-order valence-electron chi connectivity index (χ1n) is 8.71. The van der Waals surface area contributed by atoms with Crippen molar-refractivity contribution in [3.8, 4) is 11.3 Å². The summed E-state index contributed by atoms with van der Waals surface area (Å²) < 4.78 is 2.62. The van der Waals surface area contributed by atoms with Crippen LogP contribution in [0.3, 0.4) is 0 Å². The van der Waals surface area contributed by atoms with Crippen LogP contribution in [0.1, 0.15) is 27.8 Å². The second kappa shape index (κ2) is 9.05. The van der Waals surface area contributed by atoms with Crippen molar-refractivity contribution in [2.24, 2.45) is 5.73 Å². The zero-order valence-electron chi connectivity index (χ0n) is 15.9. The minimum Gasteiger partial charge on any atom is -0.382 e. The summed E-state index contributed by atoms with van der Waals surface area (Å²) in [7, 11) is 0. The van der Waals surface area contributed by atoms with E-state index in [0.717, 1.165) is 4.90 Å². The highest BCUT2D eigenvalue weighted by molar-refractivity contribution is 7.98. The average Bonchev–Trinajstić information content (AvgIpc) is 2.73. The van der Waals surface area contributed by atoms with Gasteiger partial charge in [0, 0.05) is 28.6 Å². The predicted octanol–water partition coefficient (Wildman–Crippen LogP) is 2.22. The van der Waals surface area contributed by atoms with E-state index in [2.05, 4.69) is 20.0 Å².